The number of nitrogens with zero attached hydrogens (tertiary/aromatic N) is 1. The average Bonchev–Trinajstić information content (AvgIpc) is 2.78. The van der Waals surface area contributed by atoms with E-state index < -0.39 is 0 Å². The van der Waals surface area contributed by atoms with Gasteiger partial charge < -0.3 is 5.32 Å². The summed E-state index contributed by atoms with van der Waals surface area (Å²) < 4.78 is 0. The van der Waals surface area contributed by atoms with Crippen molar-refractivity contribution in [2.24, 2.45) is 11.8 Å². The van der Waals surface area contributed by atoms with Crippen molar-refractivity contribution in [3.05, 3.63) is 0 Å². The lowest BCUT2D eigenvalue weighted by Gasteiger charge is -2.40. The van der Waals surface area contributed by atoms with Crippen molar-refractivity contribution < 1.29 is 0 Å². The minimum atomic E-state index is 0.763. The molecule has 1 N–H and O–H groups in total. The standard InChI is InChI=1S/C15H30N2/c1-4-9-16-14-8-10-17(11-14)15-7-5-6-12(2)13(15)3/h12-16H,4-11H2,1-3H3. The van der Waals surface area contributed by atoms with E-state index in [-0.39, 0.29) is 0 Å². The Morgan fingerprint density at radius 1 is 1.18 bits per heavy atom. The highest BCUT2D eigenvalue weighted by atomic mass is 15.2. The predicted molar refractivity (Wildman–Crippen MR) is 74.2 cm³/mol. The van der Waals surface area contributed by atoms with Crippen molar-refractivity contribution in [2.75, 3.05) is 19.6 Å². The fourth-order valence-corrected chi connectivity index (χ4v) is 3.67. The van der Waals surface area contributed by atoms with Crippen molar-refractivity contribution in [1.29, 1.82) is 0 Å². The van der Waals surface area contributed by atoms with Gasteiger partial charge in [-0.15, -0.1) is 0 Å². The molecule has 1 saturated carbocycles. The lowest BCUT2D eigenvalue weighted by molar-refractivity contribution is 0.0995. The fraction of sp³-hybridized carbons (Fsp3) is 1.00. The zero-order valence-electron chi connectivity index (χ0n) is 11.9. The van der Waals surface area contributed by atoms with Gasteiger partial charge in [0.2, 0.25) is 0 Å². The monoisotopic (exact) mass is 238 g/mol. The van der Waals surface area contributed by atoms with E-state index in [1.807, 2.05) is 0 Å². The van der Waals surface area contributed by atoms with Crippen LogP contribution in [0.3, 0.4) is 0 Å². The topological polar surface area (TPSA) is 15.3 Å². The number of nitrogens with one attached hydrogen (secondary N) is 1. The summed E-state index contributed by atoms with van der Waals surface area (Å²) in [5, 5.41) is 3.68. The molecule has 100 valence electrons. The first kappa shape index (κ1) is 13.4. The lowest BCUT2D eigenvalue weighted by Crippen LogP contribution is -2.44. The van der Waals surface area contributed by atoms with Crippen molar-refractivity contribution in [1.82, 2.24) is 10.2 Å². The zero-order chi connectivity index (χ0) is 12.3. The second-order valence-electron chi connectivity index (χ2n) is 6.27. The van der Waals surface area contributed by atoms with E-state index in [2.05, 4.69) is 31.0 Å². The highest BCUT2D eigenvalue weighted by Gasteiger charge is 2.34. The van der Waals surface area contributed by atoms with Gasteiger partial charge in [0.1, 0.15) is 0 Å². The molecule has 1 aliphatic carbocycles. The molecule has 2 nitrogen and oxygen atoms in total. The molecule has 0 radical (unpaired) electrons. The number of likely N-dealkylation sites (tertiary alicyclic amines) is 1. The van der Waals surface area contributed by atoms with E-state index in [9.17, 15) is 0 Å². The Balaban J connectivity index is 1.82. The van der Waals surface area contributed by atoms with E-state index in [0.29, 0.717) is 0 Å². The van der Waals surface area contributed by atoms with Crippen LogP contribution in [0.5, 0.6) is 0 Å². The number of hydrogen-bond acceptors (Lipinski definition) is 2. The summed E-state index contributed by atoms with van der Waals surface area (Å²) in [4.78, 5) is 2.77. The van der Waals surface area contributed by atoms with Crippen LogP contribution >= 0.6 is 0 Å². The molecule has 2 heteroatoms. The smallest absolute Gasteiger partial charge is 0.0207 e. The van der Waals surface area contributed by atoms with Crippen LogP contribution in [0.4, 0.5) is 0 Å². The summed E-state index contributed by atoms with van der Waals surface area (Å²) in [6.45, 7) is 11.0. The van der Waals surface area contributed by atoms with Crippen LogP contribution in [0.15, 0.2) is 0 Å². The molecule has 1 saturated heterocycles. The molecule has 0 amide bonds. The highest BCUT2D eigenvalue weighted by Crippen LogP contribution is 2.34. The Morgan fingerprint density at radius 2 is 2.00 bits per heavy atom. The maximum Gasteiger partial charge on any atom is 0.0207 e. The molecule has 0 spiro atoms. The molecular formula is C15H30N2. The first-order chi connectivity index (χ1) is 8.22. The minimum Gasteiger partial charge on any atom is -0.313 e. The van der Waals surface area contributed by atoms with Crippen LogP contribution in [0.2, 0.25) is 0 Å². The molecule has 2 fully saturated rings. The van der Waals surface area contributed by atoms with E-state index in [1.54, 1.807) is 0 Å². The molecule has 17 heavy (non-hydrogen) atoms. The maximum absolute atomic E-state index is 3.68. The SMILES string of the molecule is CCCNC1CCN(C2CCCC(C)C2C)C1. The van der Waals surface area contributed by atoms with Crippen LogP contribution < -0.4 is 5.32 Å². The first-order valence-corrected chi connectivity index (χ1v) is 7.69. The van der Waals surface area contributed by atoms with Crippen LogP contribution in [0.1, 0.15) is 52.9 Å². The first-order valence-electron chi connectivity index (χ1n) is 7.69. The molecule has 4 unspecified atom stereocenters. The summed E-state index contributed by atoms with van der Waals surface area (Å²) in [6.07, 6.45) is 6.94. The molecule has 1 heterocycles. The van der Waals surface area contributed by atoms with Gasteiger partial charge in [0.25, 0.3) is 0 Å². The quantitative estimate of drug-likeness (QED) is 0.810. The lowest BCUT2D eigenvalue weighted by atomic mass is 9.77. The Morgan fingerprint density at radius 3 is 2.76 bits per heavy atom. The molecule has 0 bridgehead atoms. The Labute approximate surface area is 107 Å². The predicted octanol–water partition coefficient (Wildman–Crippen LogP) is 2.89. The van der Waals surface area contributed by atoms with Gasteiger partial charge in [-0.3, -0.25) is 4.90 Å². The third kappa shape index (κ3) is 3.23. The minimum absolute atomic E-state index is 0.763. The molecule has 0 aromatic carbocycles. The third-order valence-corrected chi connectivity index (χ3v) is 5.04. The zero-order valence-corrected chi connectivity index (χ0v) is 11.9. The second kappa shape index (κ2) is 6.19. The van der Waals surface area contributed by atoms with Gasteiger partial charge in [-0.2, -0.15) is 0 Å². The van der Waals surface area contributed by atoms with Crippen LogP contribution in [0.25, 0.3) is 0 Å². The van der Waals surface area contributed by atoms with Crippen molar-refractivity contribution >= 4 is 0 Å². The van der Waals surface area contributed by atoms with Crippen molar-refractivity contribution in [3.8, 4) is 0 Å². The van der Waals surface area contributed by atoms with E-state index >= 15 is 0 Å². The largest absolute Gasteiger partial charge is 0.313 e. The molecular weight excluding hydrogens is 208 g/mol. The molecule has 2 rings (SSSR count). The van der Waals surface area contributed by atoms with Crippen molar-refractivity contribution in [3.63, 3.8) is 0 Å². The van der Waals surface area contributed by atoms with Gasteiger partial charge in [0, 0.05) is 25.2 Å². The highest BCUT2D eigenvalue weighted by molar-refractivity contribution is 4.90. The van der Waals surface area contributed by atoms with E-state index in [0.717, 1.165) is 23.9 Å². The number of rotatable bonds is 4. The number of hydrogen-bond donors (Lipinski definition) is 1. The second-order valence-corrected chi connectivity index (χ2v) is 6.27. The molecule has 4 atom stereocenters. The molecule has 2 aliphatic rings. The summed E-state index contributed by atoms with van der Waals surface area (Å²) in [6, 6.07) is 1.63. The van der Waals surface area contributed by atoms with Gasteiger partial charge >= 0.3 is 0 Å². The average molecular weight is 238 g/mol. The maximum atomic E-state index is 3.68. The third-order valence-electron chi connectivity index (χ3n) is 5.04. The summed E-state index contributed by atoms with van der Waals surface area (Å²) in [7, 11) is 0. The van der Waals surface area contributed by atoms with Gasteiger partial charge in [-0.05, 0) is 37.6 Å². The Hall–Kier alpha value is -0.0800. The Kier molecular flexibility index (Phi) is 4.87. The summed E-state index contributed by atoms with van der Waals surface area (Å²) >= 11 is 0. The molecule has 1 aliphatic heterocycles. The summed E-state index contributed by atoms with van der Waals surface area (Å²) in [5.41, 5.74) is 0. The molecule has 0 aromatic heterocycles. The van der Waals surface area contributed by atoms with Gasteiger partial charge in [0.15, 0.2) is 0 Å². The van der Waals surface area contributed by atoms with Gasteiger partial charge in [-0.1, -0.05) is 33.6 Å². The van der Waals surface area contributed by atoms with Crippen LogP contribution in [-0.2, 0) is 0 Å². The van der Waals surface area contributed by atoms with E-state index in [4.69, 9.17) is 0 Å². The van der Waals surface area contributed by atoms with E-state index in [1.165, 1.54) is 51.7 Å². The van der Waals surface area contributed by atoms with Crippen LogP contribution in [0, 0.1) is 11.8 Å². The van der Waals surface area contributed by atoms with Crippen molar-refractivity contribution in [2.45, 2.75) is 65.0 Å². The Bertz CT molecular complexity index is 229. The summed E-state index contributed by atoms with van der Waals surface area (Å²) in [5.74, 6) is 1.82. The van der Waals surface area contributed by atoms with Gasteiger partial charge in [0.05, 0.1) is 0 Å². The molecule has 0 aromatic rings. The fourth-order valence-electron chi connectivity index (χ4n) is 3.67. The normalized spacial score (nSPS) is 39.7. The van der Waals surface area contributed by atoms with Gasteiger partial charge in [-0.25, -0.2) is 0 Å². The van der Waals surface area contributed by atoms with Crippen LogP contribution in [-0.4, -0.2) is 36.6 Å².